The van der Waals surface area contributed by atoms with E-state index >= 15 is 0 Å². The SMILES string of the molecule is Cc1ccc(-c2noc3c(Nc4ccc(N5CCC(C)CC5)cc4)ncnc23)cc1. The van der Waals surface area contributed by atoms with E-state index in [0.29, 0.717) is 16.9 Å². The quantitative estimate of drug-likeness (QED) is 0.484. The van der Waals surface area contributed by atoms with Crippen LogP contribution in [0.5, 0.6) is 0 Å². The van der Waals surface area contributed by atoms with Crippen molar-refractivity contribution in [1.82, 2.24) is 15.1 Å². The lowest BCUT2D eigenvalue weighted by Crippen LogP contribution is -2.32. The van der Waals surface area contributed by atoms with E-state index in [1.807, 2.05) is 12.1 Å². The van der Waals surface area contributed by atoms with Crippen molar-refractivity contribution in [2.45, 2.75) is 26.7 Å². The van der Waals surface area contributed by atoms with Crippen molar-refractivity contribution in [3.8, 4) is 11.3 Å². The third-order valence-corrected chi connectivity index (χ3v) is 5.86. The molecule has 0 spiro atoms. The number of benzene rings is 2. The fourth-order valence-electron chi connectivity index (χ4n) is 3.91. The number of aryl methyl sites for hydroxylation is 1. The van der Waals surface area contributed by atoms with Crippen LogP contribution in [0.1, 0.15) is 25.3 Å². The summed E-state index contributed by atoms with van der Waals surface area (Å²) in [5, 5.41) is 7.61. The van der Waals surface area contributed by atoms with Gasteiger partial charge in [0.15, 0.2) is 5.82 Å². The summed E-state index contributed by atoms with van der Waals surface area (Å²) in [6, 6.07) is 16.7. The highest BCUT2D eigenvalue weighted by atomic mass is 16.5. The van der Waals surface area contributed by atoms with Gasteiger partial charge in [0.2, 0.25) is 5.58 Å². The molecule has 0 aliphatic carbocycles. The van der Waals surface area contributed by atoms with E-state index in [-0.39, 0.29) is 0 Å². The zero-order valence-electron chi connectivity index (χ0n) is 17.3. The number of hydrogen-bond acceptors (Lipinski definition) is 6. The Hall–Kier alpha value is -3.41. The second kappa shape index (κ2) is 7.78. The Balaban J connectivity index is 1.38. The molecule has 1 fully saturated rings. The number of anilines is 3. The Morgan fingerprint density at radius 3 is 2.43 bits per heavy atom. The summed E-state index contributed by atoms with van der Waals surface area (Å²) in [4.78, 5) is 11.2. The predicted octanol–water partition coefficient (Wildman–Crippen LogP) is 5.57. The van der Waals surface area contributed by atoms with Crippen molar-refractivity contribution in [2.24, 2.45) is 5.92 Å². The lowest BCUT2D eigenvalue weighted by Gasteiger charge is -2.32. The molecule has 2 aromatic heterocycles. The van der Waals surface area contributed by atoms with E-state index in [4.69, 9.17) is 4.52 Å². The number of piperidine rings is 1. The van der Waals surface area contributed by atoms with E-state index < -0.39 is 0 Å². The highest BCUT2D eigenvalue weighted by molar-refractivity contribution is 5.94. The van der Waals surface area contributed by atoms with Crippen molar-refractivity contribution < 1.29 is 4.52 Å². The number of nitrogens with zero attached hydrogens (tertiary/aromatic N) is 4. The van der Waals surface area contributed by atoms with E-state index in [9.17, 15) is 0 Å². The van der Waals surface area contributed by atoms with Crippen molar-refractivity contribution in [2.75, 3.05) is 23.3 Å². The molecule has 3 heterocycles. The standard InChI is InChI=1S/C24H25N5O/c1-16-3-5-18(6-4-16)21-22-23(30-28-21)24(26-15-25-22)27-19-7-9-20(10-8-19)29-13-11-17(2)12-14-29/h3-10,15,17H,11-14H2,1-2H3,(H,25,26,27). The second-order valence-corrected chi connectivity index (χ2v) is 8.14. The molecular formula is C24H25N5O. The smallest absolute Gasteiger partial charge is 0.228 e. The third kappa shape index (κ3) is 3.61. The summed E-state index contributed by atoms with van der Waals surface area (Å²) in [6.45, 7) is 6.65. The third-order valence-electron chi connectivity index (χ3n) is 5.86. The number of fused-ring (bicyclic) bond motifs is 1. The molecule has 0 saturated carbocycles. The van der Waals surface area contributed by atoms with Crippen molar-refractivity contribution in [1.29, 1.82) is 0 Å². The maximum atomic E-state index is 5.62. The average molecular weight is 399 g/mol. The molecule has 0 amide bonds. The van der Waals surface area contributed by atoms with Gasteiger partial charge < -0.3 is 14.7 Å². The minimum atomic E-state index is 0.558. The van der Waals surface area contributed by atoms with Gasteiger partial charge in [-0.1, -0.05) is 41.9 Å². The maximum Gasteiger partial charge on any atom is 0.228 e. The Morgan fingerprint density at radius 1 is 0.967 bits per heavy atom. The van der Waals surface area contributed by atoms with Crippen LogP contribution in [-0.2, 0) is 0 Å². The number of nitrogens with one attached hydrogen (secondary N) is 1. The highest BCUT2D eigenvalue weighted by Crippen LogP contribution is 2.31. The van der Waals surface area contributed by atoms with Crippen molar-refractivity contribution in [3.05, 3.63) is 60.4 Å². The molecule has 0 unspecified atom stereocenters. The van der Waals surface area contributed by atoms with Crippen LogP contribution in [0.25, 0.3) is 22.4 Å². The zero-order valence-corrected chi connectivity index (χ0v) is 17.3. The fourth-order valence-corrected chi connectivity index (χ4v) is 3.91. The van der Waals surface area contributed by atoms with Crippen molar-refractivity contribution >= 4 is 28.3 Å². The van der Waals surface area contributed by atoms with Gasteiger partial charge in [0.05, 0.1) is 0 Å². The molecule has 0 radical (unpaired) electrons. The van der Waals surface area contributed by atoms with Crippen LogP contribution in [0, 0.1) is 12.8 Å². The number of aromatic nitrogens is 3. The summed E-state index contributed by atoms with van der Waals surface area (Å²) < 4.78 is 5.62. The molecule has 1 aliphatic rings. The van der Waals surface area contributed by atoms with Crippen LogP contribution in [0.3, 0.4) is 0 Å². The summed E-state index contributed by atoms with van der Waals surface area (Å²) in [5.41, 5.74) is 6.39. The van der Waals surface area contributed by atoms with Gasteiger partial charge in [-0.3, -0.25) is 0 Å². The summed E-state index contributed by atoms with van der Waals surface area (Å²) in [5.74, 6) is 1.44. The molecule has 152 valence electrons. The van der Waals surface area contributed by atoms with Crippen LogP contribution in [0.2, 0.25) is 0 Å². The number of hydrogen-bond donors (Lipinski definition) is 1. The molecule has 1 saturated heterocycles. The zero-order chi connectivity index (χ0) is 20.5. The maximum absolute atomic E-state index is 5.62. The molecule has 2 aromatic carbocycles. The first-order valence-corrected chi connectivity index (χ1v) is 10.5. The van der Waals surface area contributed by atoms with Gasteiger partial charge in [-0.2, -0.15) is 0 Å². The summed E-state index contributed by atoms with van der Waals surface area (Å²) >= 11 is 0. The average Bonchev–Trinajstić information content (AvgIpc) is 3.21. The molecule has 6 heteroatoms. The predicted molar refractivity (Wildman–Crippen MR) is 120 cm³/mol. The topological polar surface area (TPSA) is 67.1 Å². The van der Waals surface area contributed by atoms with Gasteiger partial charge in [0.1, 0.15) is 17.5 Å². The van der Waals surface area contributed by atoms with E-state index in [0.717, 1.165) is 36.0 Å². The summed E-state index contributed by atoms with van der Waals surface area (Å²) in [7, 11) is 0. The molecule has 1 N–H and O–H groups in total. The van der Waals surface area contributed by atoms with Crippen molar-refractivity contribution in [3.63, 3.8) is 0 Å². The van der Waals surface area contributed by atoms with Gasteiger partial charge in [0.25, 0.3) is 0 Å². The first-order chi connectivity index (χ1) is 14.7. The molecule has 30 heavy (non-hydrogen) atoms. The van der Waals surface area contributed by atoms with Gasteiger partial charge in [0, 0.05) is 30.0 Å². The van der Waals surface area contributed by atoms with Crippen LogP contribution >= 0.6 is 0 Å². The monoisotopic (exact) mass is 399 g/mol. The second-order valence-electron chi connectivity index (χ2n) is 8.14. The van der Waals surface area contributed by atoms with Gasteiger partial charge in [-0.25, -0.2) is 9.97 Å². The first kappa shape index (κ1) is 18.6. The molecule has 0 bridgehead atoms. The molecular weight excluding hydrogens is 374 g/mol. The Bertz CT molecular complexity index is 1140. The molecule has 6 nitrogen and oxygen atoms in total. The minimum Gasteiger partial charge on any atom is -0.372 e. The van der Waals surface area contributed by atoms with Crippen LogP contribution < -0.4 is 10.2 Å². The number of rotatable bonds is 4. The first-order valence-electron chi connectivity index (χ1n) is 10.5. The Kier molecular flexibility index (Phi) is 4.83. The Labute approximate surface area is 175 Å². The Morgan fingerprint density at radius 2 is 1.70 bits per heavy atom. The van der Waals surface area contributed by atoms with Crippen LogP contribution in [-0.4, -0.2) is 28.2 Å². The largest absolute Gasteiger partial charge is 0.372 e. The van der Waals surface area contributed by atoms with E-state index in [2.05, 4.69) is 75.6 Å². The molecule has 5 rings (SSSR count). The lowest BCUT2D eigenvalue weighted by atomic mass is 9.99. The fraction of sp³-hybridized carbons (Fsp3) is 0.292. The van der Waals surface area contributed by atoms with Gasteiger partial charge in [-0.05, 0) is 49.9 Å². The lowest BCUT2D eigenvalue weighted by molar-refractivity contribution is 0.438. The highest BCUT2D eigenvalue weighted by Gasteiger charge is 2.18. The molecule has 1 aliphatic heterocycles. The van der Waals surface area contributed by atoms with E-state index in [1.165, 1.54) is 24.1 Å². The van der Waals surface area contributed by atoms with Crippen LogP contribution in [0.4, 0.5) is 17.2 Å². The van der Waals surface area contributed by atoms with Gasteiger partial charge >= 0.3 is 0 Å². The molecule has 4 aromatic rings. The van der Waals surface area contributed by atoms with E-state index in [1.54, 1.807) is 6.33 Å². The minimum absolute atomic E-state index is 0.558. The van der Waals surface area contributed by atoms with Crippen LogP contribution in [0.15, 0.2) is 59.4 Å². The molecule has 0 atom stereocenters. The van der Waals surface area contributed by atoms with Gasteiger partial charge in [-0.15, -0.1) is 0 Å². The normalized spacial score (nSPS) is 14.9. The summed E-state index contributed by atoms with van der Waals surface area (Å²) in [6.07, 6.45) is 4.06.